The predicted octanol–water partition coefficient (Wildman–Crippen LogP) is 2.12. The molecule has 1 aliphatic heterocycles. The summed E-state index contributed by atoms with van der Waals surface area (Å²) in [7, 11) is -3.17. The summed E-state index contributed by atoms with van der Waals surface area (Å²) in [6.45, 7) is 0.992. The lowest BCUT2D eigenvalue weighted by Crippen LogP contribution is -2.44. The maximum atomic E-state index is 12.9. The van der Waals surface area contributed by atoms with E-state index in [1.165, 1.54) is 22.7 Å². The summed E-state index contributed by atoms with van der Waals surface area (Å²) >= 11 is 0. The maximum absolute atomic E-state index is 12.9. The van der Waals surface area contributed by atoms with Crippen LogP contribution in [0.1, 0.15) is 12.8 Å². The van der Waals surface area contributed by atoms with Crippen molar-refractivity contribution < 1.29 is 12.8 Å². The van der Waals surface area contributed by atoms with Crippen LogP contribution in [0, 0.1) is 5.82 Å². The normalized spacial score (nSPS) is 19.2. The van der Waals surface area contributed by atoms with Gasteiger partial charge in [-0.05, 0) is 49.2 Å². The highest BCUT2D eigenvalue weighted by Crippen LogP contribution is 2.19. The first-order valence-corrected chi connectivity index (χ1v) is 9.58. The first-order valence-electron chi connectivity index (χ1n) is 7.73. The highest BCUT2D eigenvalue weighted by Gasteiger charge is 2.25. The van der Waals surface area contributed by atoms with Crippen molar-refractivity contribution in [3.63, 3.8) is 0 Å². The number of nitrogens with one attached hydrogen (secondary N) is 1. The Morgan fingerprint density at radius 2 is 1.92 bits per heavy atom. The van der Waals surface area contributed by atoms with Crippen LogP contribution in [0.3, 0.4) is 0 Å². The molecule has 2 aromatic rings. The summed E-state index contributed by atoms with van der Waals surface area (Å²) in [6, 6.07) is 9.68. The number of hydrogen-bond acceptors (Lipinski definition) is 5. The molecule has 0 amide bonds. The fourth-order valence-electron chi connectivity index (χ4n) is 2.75. The summed E-state index contributed by atoms with van der Waals surface area (Å²) < 4.78 is 37.7. The van der Waals surface area contributed by atoms with E-state index in [-0.39, 0.29) is 11.9 Å². The Morgan fingerprint density at radius 3 is 2.54 bits per heavy atom. The molecule has 1 saturated heterocycles. The highest BCUT2D eigenvalue weighted by molar-refractivity contribution is 7.88. The minimum Gasteiger partial charge on any atom is -0.365 e. The van der Waals surface area contributed by atoms with Crippen LogP contribution in [0.5, 0.6) is 0 Å². The third kappa shape index (κ3) is 4.07. The molecule has 2 heterocycles. The largest absolute Gasteiger partial charge is 0.365 e. The van der Waals surface area contributed by atoms with Crippen molar-refractivity contribution in [1.82, 2.24) is 14.5 Å². The van der Waals surface area contributed by atoms with E-state index in [9.17, 15) is 12.8 Å². The quantitative estimate of drug-likeness (QED) is 0.914. The van der Waals surface area contributed by atoms with Gasteiger partial charge in [0.1, 0.15) is 11.6 Å². The number of anilines is 1. The fourth-order valence-corrected chi connectivity index (χ4v) is 3.67. The van der Waals surface area contributed by atoms with E-state index >= 15 is 0 Å². The van der Waals surface area contributed by atoms with Gasteiger partial charge in [-0.15, -0.1) is 10.2 Å². The average molecular weight is 350 g/mol. The number of piperidine rings is 1. The molecule has 1 aliphatic rings. The molecule has 1 unspecified atom stereocenters. The first-order chi connectivity index (χ1) is 11.4. The number of benzene rings is 1. The summed E-state index contributed by atoms with van der Waals surface area (Å²) in [5.41, 5.74) is 1.44. The van der Waals surface area contributed by atoms with Crippen LogP contribution in [-0.4, -0.2) is 48.3 Å². The number of rotatable bonds is 4. The molecular formula is C16H19FN4O2S. The summed E-state index contributed by atoms with van der Waals surface area (Å²) in [6.07, 6.45) is 2.92. The van der Waals surface area contributed by atoms with E-state index < -0.39 is 10.0 Å². The maximum Gasteiger partial charge on any atom is 0.211 e. The Morgan fingerprint density at radius 1 is 1.17 bits per heavy atom. The van der Waals surface area contributed by atoms with Gasteiger partial charge in [-0.25, -0.2) is 17.1 Å². The summed E-state index contributed by atoms with van der Waals surface area (Å²) in [5.74, 6) is 0.305. The fraction of sp³-hybridized carbons (Fsp3) is 0.375. The van der Waals surface area contributed by atoms with E-state index in [4.69, 9.17) is 0 Å². The number of halogens is 1. The van der Waals surface area contributed by atoms with Crippen LogP contribution in [0.25, 0.3) is 11.3 Å². The molecule has 0 saturated carbocycles. The molecule has 6 nitrogen and oxygen atoms in total. The zero-order valence-electron chi connectivity index (χ0n) is 13.3. The topological polar surface area (TPSA) is 75.2 Å². The monoisotopic (exact) mass is 350 g/mol. The lowest BCUT2D eigenvalue weighted by Gasteiger charge is -2.31. The Bertz CT molecular complexity index is 794. The molecule has 0 spiro atoms. The second-order valence-electron chi connectivity index (χ2n) is 5.92. The zero-order valence-corrected chi connectivity index (χ0v) is 14.1. The van der Waals surface area contributed by atoms with Crippen molar-refractivity contribution in [2.24, 2.45) is 0 Å². The van der Waals surface area contributed by atoms with Gasteiger partial charge in [-0.1, -0.05) is 0 Å². The number of hydrogen-bond donors (Lipinski definition) is 1. The molecular weight excluding hydrogens is 331 g/mol. The molecule has 1 aromatic carbocycles. The van der Waals surface area contributed by atoms with Gasteiger partial charge in [0.25, 0.3) is 0 Å². The van der Waals surface area contributed by atoms with Crippen molar-refractivity contribution in [1.29, 1.82) is 0 Å². The van der Waals surface area contributed by atoms with Gasteiger partial charge < -0.3 is 5.32 Å². The minimum atomic E-state index is -3.17. The molecule has 24 heavy (non-hydrogen) atoms. The number of sulfonamides is 1. The Labute approximate surface area is 140 Å². The predicted molar refractivity (Wildman–Crippen MR) is 90.5 cm³/mol. The van der Waals surface area contributed by atoms with Crippen LogP contribution in [0.15, 0.2) is 36.4 Å². The molecule has 0 aliphatic carbocycles. The van der Waals surface area contributed by atoms with E-state index in [0.717, 1.165) is 18.4 Å². The molecule has 3 rings (SSSR count). The van der Waals surface area contributed by atoms with Crippen molar-refractivity contribution in [3.05, 3.63) is 42.2 Å². The van der Waals surface area contributed by atoms with Gasteiger partial charge in [0.15, 0.2) is 0 Å². The molecule has 1 N–H and O–H groups in total. The molecule has 1 fully saturated rings. The van der Waals surface area contributed by atoms with Gasteiger partial charge in [0.05, 0.1) is 11.9 Å². The lowest BCUT2D eigenvalue weighted by atomic mass is 10.1. The second-order valence-corrected chi connectivity index (χ2v) is 7.90. The summed E-state index contributed by atoms with van der Waals surface area (Å²) in [4.78, 5) is 0. The SMILES string of the molecule is CS(=O)(=O)N1CCCC(Nc2ccc(-c3ccc(F)cc3)nn2)C1. The molecule has 0 bridgehead atoms. The van der Waals surface area contributed by atoms with Gasteiger partial charge in [-0.2, -0.15) is 0 Å². The molecule has 0 radical (unpaired) electrons. The number of aromatic nitrogens is 2. The Kier molecular flexibility index (Phi) is 4.77. The van der Waals surface area contributed by atoms with Crippen LogP contribution in [0.4, 0.5) is 10.2 Å². The van der Waals surface area contributed by atoms with Gasteiger partial charge in [0, 0.05) is 24.7 Å². The van der Waals surface area contributed by atoms with Crippen LogP contribution in [-0.2, 0) is 10.0 Å². The zero-order chi connectivity index (χ0) is 17.2. The number of nitrogens with zero attached hydrogens (tertiary/aromatic N) is 3. The average Bonchev–Trinajstić information content (AvgIpc) is 2.56. The van der Waals surface area contributed by atoms with E-state index in [2.05, 4.69) is 15.5 Å². The van der Waals surface area contributed by atoms with Crippen molar-refractivity contribution >= 4 is 15.8 Å². The van der Waals surface area contributed by atoms with Crippen molar-refractivity contribution in [2.75, 3.05) is 24.7 Å². The molecule has 1 aromatic heterocycles. The standard InChI is InChI=1S/C16H19FN4O2S/c1-24(22,23)21-10-2-3-14(11-21)18-16-9-8-15(19-20-16)12-4-6-13(17)7-5-12/h4-9,14H,2-3,10-11H2,1H3,(H,18,20). The van der Waals surface area contributed by atoms with E-state index in [1.54, 1.807) is 24.3 Å². The van der Waals surface area contributed by atoms with Crippen LogP contribution >= 0.6 is 0 Å². The smallest absolute Gasteiger partial charge is 0.211 e. The third-order valence-electron chi connectivity index (χ3n) is 4.01. The molecule has 128 valence electrons. The Hall–Kier alpha value is -2.06. The Balaban J connectivity index is 1.67. The van der Waals surface area contributed by atoms with Gasteiger partial charge >= 0.3 is 0 Å². The van der Waals surface area contributed by atoms with E-state index in [0.29, 0.717) is 24.6 Å². The van der Waals surface area contributed by atoms with Crippen LogP contribution < -0.4 is 5.32 Å². The molecule has 8 heteroatoms. The summed E-state index contributed by atoms with van der Waals surface area (Å²) in [5, 5.41) is 11.5. The van der Waals surface area contributed by atoms with E-state index in [1.807, 2.05) is 0 Å². The van der Waals surface area contributed by atoms with Crippen molar-refractivity contribution in [3.8, 4) is 11.3 Å². The van der Waals surface area contributed by atoms with Gasteiger partial charge in [-0.3, -0.25) is 0 Å². The third-order valence-corrected chi connectivity index (χ3v) is 5.28. The molecule has 1 atom stereocenters. The first kappa shape index (κ1) is 16.8. The highest BCUT2D eigenvalue weighted by atomic mass is 32.2. The van der Waals surface area contributed by atoms with Crippen LogP contribution in [0.2, 0.25) is 0 Å². The van der Waals surface area contributed by atoms with Gasteiger partial charge in [0.2, 0.25) is 10.0 Å². The minimum absolute atomic E-state index is 0.0134. The van der Waals surface area contributed by atoms with Crippen molar-refractivity contribution in [2.45, 2.75) is 18.9 Å². The lowest BCUT2D eigenvalue weighted by molar-refractivity contribution is 0.329. The second kappa shape index (κ2) is 6.82.